The van der Waals surface area contributed by atoms with Crippen LogP contribution in [0.3, 0.4) is 0 Å². The number of hydrogen-bond donors (Lipinski definition) is 0. The summed E-state index contributed by atoms with van der Waals surface area (Å²) < 4.78 is 30.0. The monoisotopic (exact) mass is 359 g/mol. The van der Waals surface area contributed by atoms with Gasteiger partial charge in [0.25, 0.3) is 10.1 Å². The van der Waals surface area contributed by atoms with E-state index in [-0.39, 0.29) is 17.4 Å². The Labute approximate surface area is 150 Å². The maximum Gasteiger partial charge on any atom is 0.296 e. The smallest absolute Gasteiger partial charge is 0.296 e. The Morgan fingerprint density at radius 1 is 1.08 bits per heavy atom. The maximum absolute atomic E-state index is 12.3. The number of hydrogen-bond acceptors (Lipinski definition) is 4. The van der Waals surface area contributed by atoms with E-state index >= 15 is 0 Å². The second-order valence-electron chi connectivity index (χ2n) is 6.78. The first kappa shape index (κ1) is 18.1. The number of benzene rings is 2. The minimum absolute atomic E-state index is 0.232. The molecule has 25 heavy (non-hydrogen) atoms. The van der Waals surface area contributed by atoms with Gasteiger partial charge in [-0.15, -0.1) is 0 Å². The first-order valence-corrected chi connectivity index (χ1v) is 10.2. The highest BCUT2D eigenvalue weighted by Gasteiger charge is 2.23. The summed E-state index contributed by atoms with van der Waals surface area (Å²) in [4.78, 5) is 2.61. The highest BCUT2D eigenvalue weighted by molar-refractivity contribution is 7.86. The van der Waals surface area contributed by atoms with Gasteiger partial charge in [-0.1, -0.05) is 48.0 Å². The first-order valence-electron chi connectivity index (χ1n) is 8.75. The van der Waals surface area contributed by atoms with Gasteiger partial charge in [0.1, 0.15) is 0 Å². The van der Waals surface area contributed by atoms with Crippen LogP contribution in [0.15, 0.2) is 59.5 Å². The fourth-order valence-corrected chi connectivity index (χ4v) is 4.21. The van der Waals surface area contributed by atoms with E-state index in [0.29, 0.717) is 0 Å². The van der Waals surface area contributed by atoms with Crippen molar-refractivity contribution in [1.29, 1.82) is 0 Å². The fraction of sp³-hybridized carbons (Fsp3) is 0.400. The van der Waals surface area contributed by atoms with Crippen molar-refractivity contribution in [3.8, 4) is 0 Å². The lowest BCUT2D eigenvalue weighted by Crippen LogP contribution is -2.37. The lowest BCUT2D eigenvalue weighted by molar-refractivity contribution is 0.127. The third kappa shape index (κ3) is 5.14. The van der Waals surface area contributed by atoms with Crippen molar-refractivity contribution in [3.05, 3.63) is 65.7 Å². The topological polar surface area (TPSA) is 46.6 Å². The standard InChI is InChI=1S/C20H25NO3S/c1-17-9-11-20(12-10-17)25(22,23)24-16-19-8-5-13-21(15-19)14-18-6-3-2-4-7-18/h2-4,6-7,9-12,19H,5,8,13-16H2,1H3/t19-/m1/s1. The predicted molar refractivity (Wildman–Crippen MR) is 98.8 cm³/mol. The summed E-state index contributed by atoms with van der Waals surface area (Å²) >= 11 is 0. The van der Waals surface area contributed by atoms with Gasteiger partial charge in [-0.05, 0) is 49.9 Å². The van der Waals surface area contributed by atoms with E-state index in [1.165, 1.54) is 5.56 Å². The van der Waals surface area contributed by atoms with Gasteiger partial charge in [0.2, 0.25) is 0 Å². The van der Waals surface area contributed by atoms with Crippen LogP contribution < -0.4 is 0 Å². The number of likely N-dealkylation sites (tertiary alicyclic amines) is 1. The van der Waals surface area contributed by atoms with Gasteiger partial charge in [0, 0.05) is 13.1 Å². The van der Waals surface area contributed by atoms with Crippen LogP contribution in [0, 0.1) is 12.8 Å². The number of rotatable bonds is 6. The number of nitrogens with zero attached hydrogens (tertiary/aromatic N) is 1. The molecule has 0 spiro atoms. The SMILES string of the molecule is Cc1ccc(S(=O)(=O)OC[C@@H]2CCCN(Cc3ccccc3)C2)cc1. The summed E-state index contributed by atoms with van der Waals surface area (Å²) in [5.74, 6) is 0.248. The molecule has 0 unspecified atom stereocenters. The molecule has 5 heteroatoms. The zero-order chi connectivity index (χ0) is 17.7. The average Bonchev–Trinajstić information content (AvgIpc) is 2.62. The van der Waals surface area contributed by atoms with Crippen molar-refractivity contribution >= 4 is 10.1 Å². The molecule has 1 aliphatic rings. The van der Waals surface area contributed by atoms with Crippen molar-refractivity contribution in [2.24, 2.45) is 5.92 Å². The maximum atomic E-state index is 12.3. The van der Waals surface area contributed by atoms with E-state index in [4.69, 9.17) is 4.18 Å². The van der Waals surface area contributed by atoms with Gasteiger partial charge in [0.15, 0.2) is 0 Å². The minimum Gasteiger partial charge on any atom is -0.299 e. The second kappa shape index (κ2) is 8.13. The van der Waals surface area contributed by atoms with Gasteiger partial charge in [0.05, 0.1) is 11.5 Å². The fourth-order valence-electron chi connectivity index (χ4n) is 3.23. The van der Waals surface area contributed by atoms with E-state index in [2.05, 4.69) is 17.0 Å². The van der Waals surface area contributed by atoms with Crippen LogP contribution in [0.5, 0.6) is 0 Å². The Balaban J connectivity index is 1.55. The van der Waals surface area contributed by atoms with E-state index in [1.54, 1.807) is 24.3 Å². The molecular weight excluding hydrogens is 334 g/mol. The van der Waals surface area contributed by atoms with E-state index in [0.717, 1.165) is 38.0 Å². The zero-order valence-electron chi connectivity index (χ0n) is 14.6. The molecule has 1 heterocycles. The summed E-state index contributed by atoms with van der Waals surface area (Å²) in [6, 6.07) is 17.2. The van der Waals surface area contributed by atoms with Crippen molar-refractivity contribution in [1.82, 2.24) is 4.90 Å². The number of piperidine rings is 1. The molecule has 0 saturated carbocycles. The summed E-state index contributed by atoms with van der Waals surface area (Å²) in [5, 5.41) is 0. The van der Waals surface area contributed by atoms with Gasteiger partial charge >= 0.3 is 0 Å². The normalized spacial score (nSPS) is 19.0. The molecule has 1 fully saturated rings. The van der Waals surface area contributed by atoms with Crippen LogP contribution in [-0.2, 0) is 20.8 Å². The molecule has 0 aromatic heterocycles. The summed E-state index contributed by atoms with van der Waals surface area (Å²) in [7, 11) is -3.67. The van der Waals surface area contributed by atoms with Gasteiger partial charge in [-0.3, -0.25) is 9.08 Å². The second-order valence-corrected chi connectivity index (χ2v) is 8.40. The molecule has 2 aromatic carbocycles. The van der Waals surface area contributed by atoms with Crippen LogP contribution in [0.1, 0.15) is 24.0 Å². The average molecular weight is 359 g/mol. The largest absolute Gasteiger partial charge is 0.299 e. The molecule has 0 radical (unpaired) electrons. The van der Waals surface area contributed by atoms with E-state index in [9.17, 15) is 8.42 Å². The Hall–Kier alpha value is -1.69. The minimum atomic E-state index is -3.67. The van der Waals surface area contributed by atoms with E-state index < -0.39 is 10.1 Å². The lowest BCUT2D eigenvalue weighted by atomic mass is 9.98. The van der Waals surface area contributed by atoms with Gasteiger partial charge in [-0.2, -0.15) is 8.42 Å². The molecule has 1 saturated heterocycles. The molecule has 0 bridgehead atoms. The Kier molecular flexibility index (Phi) is 5.89. The molecule has 4 nitrogen and oxygen atoms in total. The zero-order valence-corrected chi connectivity index (χ0v) is 15.4. The highest BCUT2D eigenvalue weighted by Crippen LogP contribution is 2.21. The van der Waals surface area contributed by atoms with Gasteiger partial charge in [-0.25, -0.2) is 0 Å². The summed E-state index contributed by atoms with van der Waals surface area (Å²) in [5.41, 5.74) is 2.32. The van der Waals surface area contributed by atoms with Crippen molar-refractivity contribution in [2.45, 2.75) is 31.2 Å². The number of aryl methyl sites for hydroxylation is 1. The molecule has 134 valence electrons. The quantitative estimate of drug-likeness (QED) is 0.739. The summed E-state index contributed by atoms with van der Waals surface area (Å²) in [6.07, 6.45) is 2.08. The van der Waals surface area contributed by atoms with Crippen molar-refractivity contribution < 1.29 is 12.6 Å². The Morgan fingerprint density at radius 2 is 1.80 bits per heavy atom. The molecule has 3 rings (SSSR count). The Morgan fingerprint density at radius 3 is 2.52 bits per heavy atom. The third-order valence-corrected chi connectivity index (χ3v) is 5.92. The molecule has 0 N–H and O–H groups in total. The van der Waals surface area contributed by atoms with Crippen LogP contribution in [0.2, 0.25) is 0 Å². The summed E-state index contributed by atoms with van der Waals surface area (Å²) in [6.45, 7) is 5.01. The van der Waals surface area contributed by atoms with Crippen LogP contribution in [0.25, 0.3) is 0 Å². The van der Waals surface area contributed by atoms with Crippen molar-refractivity contribution in [2.75, 3.05) is 19.7 Å². The van der Waals surface area contributed by atoms with Crippen LogP contribution in [-0.4, -0.2) is 33.0 Å². The van der Waals surface area contributed by atoms with Crippen LogP contribution >= 0.6 is 0 Å². The molecule has 0 amide bonds. The lowest BCUT2D eigenvalue weighted by Gasteiger charge is -2.32. The molecule has 0 aliphatic carbocycles. The van der Waals surface area contributed by atoms with Gasteiger partial charge < -0.3 is 0 Å². The molecule has 2 aromatic rings. The molecular formula is C20H25NO3S. The first-order chi connectivity index (χ1) is 12.0. The third-order valence-electron chi connectivity index (χ3n) is 4.62. The highest BCUT2D eigenvalue weighted by atomic mass is 32.2. The van der Waals surface area contributed by atoms with E-state index in [1.807, 2.05) is 25.1 Å². The molecule has 1 aliphatic heterocycles. The Bertz CT molecular complexity index is 772. The van der Waals surface area contributed by atoms with Crippen molar-refractivity contribution in [3.63, 3.8) is 0 Å². The molecule has 1 atom stereocenters. The van der Waals surface area contributed by atoms with Crippen LogP contribution in [0.4, 0.5) is 0 Å². The predicted octanol–water partition coefficient (Wildman–Crippen LogP) is 3.61.